The molecule has 0 aromatic carbocycles. The van der Waals surface area contributed by atoms with Gasteiger partial charge in [-0.2, -0.15) is 0 Å². The van der Waals surface area contributed by atoms with Crippen LogP contribution in [0.3, 0.4) is 0 Å². The Labute approximate surface area is 103 Å². The zero-order valence-corrected chi connectivity index (χ0v) is 10.4. The van der Waals surface area contributed by atoms with E-state index in [0.29, 0.717) is 23.9 Å². The van der Waals surface area contributed by atoms with Crippen molar-refractivity contribution < 1.29 is 4.79 Å². The second-order valence-corrected chi connectivity index (χ2v) is 6.50. The van der Waals surface area contributed by atoms with Crippen LogP contribution in [0.4, 0.5) is 0 Å². The quantitative estimate of drug-likeness (QED) is 0.743. The number of nitrogens with zero attached hydrogens (tertiary/aromatic N) is 1. The highest BCUT2D eigenvalue weighted by atomic mass is 16.2. The molecule has 3 heteroatoms. The van der Waals surface area contributed by atoms with Crippen molar-refractivity contribution in [1.82, 2.24) is 10.2 Å². The molecule has 1 amide bonds. The van der Waals surface area contributed by atoms with Crippen LogP contribution >= 0.6 is 0 Å². The molecule has 0 aromatic rings. The summed E-state index contributed by atoms with van der Waals surface area (Å²) in [5, 5.41) is 3.65. The fraction of sp³-hybridized carbons (Fsp3) is 0.929. The van der Waals surface area contributed by atoms with Gasteiger partial charge in [-0.15, -0.1) is 0 Å². The molecule has 2 aliphatic heterocycles. The Morgan fingerprint density at radius 2 is 1.76 bits per heavy atom. The van der Waals surface area contributed by atoms with E-state index >= 15 is 0 Å². The van der Waals surface area contributed by atoms with Crippen molar-refractivity contribution in [2.24, 2.45) is 17.8 Å². The Morgan fingerprint density at radius 1 is 1.00 bits per heavy atom. The van der Waals surface area contributed by atoms with Crippen molar-refractivity contribution in [2.45, 2.75) is 50.6 Å². The number of rotatable bonds is 1. The minimum Gasteiger partial charge on any atom is -0.341 e. The lowest BCUT2D eigenvalue weighted by atomic mass is 10.1. The van der Waals surface area contributed by atoms with E-state index in [1.54, 1.807) is 0 Å². The third-order valence-electron chi connectivity index (χ3n) is 5.53. The highest BCUT2D eigenvalue weighted by molar-refractivity contribution is 5.82. The summed E-state index contributed by atoms with van der Waals surface area (Å²) < 4.78 is 0. The molecule has 4 rings (SSSR count). The summed E-state index contributed by atoms with van der Waals surface area (Å²) in [6.07, 6.45) is 7.77. The van der Waals surface area contributed by atoms with E-state index in [9.17, 15) is 4.79 Å². The van der Waals surface area contributed by atoms with Gasteiger partial charge in [0.05, 0.1) is 0 Å². The first-order chi connectivity index (χ1) is 8.33. The van der Waals surface area contributed by atoms with Crippen molar-refractivity contribution in [3.8, 4) is 0 Å². The molecule has 17 heavy (non-hydrogen) atoms. The van der Waals surface area contributed by atoms with Gasteiger partial charge in [-0.05, 0) is 43.9 Å². The van der Waals surface area contributed by atoms with E-state index in [2.05, 4.69) is 10.2 Å². The highest BCUT2D eigenvalue weighted by Gasteiger charge is 2.57. The number of nitrogens with one attached hydrogen (secondary N) is 1. The summed E-state index contributed by atoms with van der Waals surface area (Å²) in [6, 6.07) is 1.28. The van der Waals surface area contributed by atoms with Crippen LogP contribution in [0.1, 0.15) is 38.5 Å². The Hall–Kier alpha value is -0.570. The van der Waals surface area contributed by atoms with Crippen LogP contribution < -0.4 is 5.32 Å². The maximum atomic E-state index is 12.5. The normalized spacial score (nSPS) is 47.8. The first kappa shape index (κ1) is 10.4. The number of carbonyl (C=O) groups excluding carboxylic acids is 1. The largest absolute Gasteiger partial charge is 0.341 e. The van der Waals surface area contributed by atoms with Crippen molar-refractivity contribution in [3.63, 3.8) is 0 Å². The first-order valence-corrected chi connectivity index (χ1v) is 7.38. The van der Waals surface area contributed by atoms with E-state index in [1.165, 1.54) is 38.5 Å². The third kappa shape index (κ3) is 1.62. The predicted octanol–water partition coefficient (Wildman–Crippen LogP) is 1.39. The Bertz CT molecular complexity index is 333. The topological polar surface area (TPSA) is 32.3 Å². The van der Waals surface area contributed by atoms with Crippen molar-refractivity contribution in [3.05, 3.63) is 0 Å². The fourth-order valence-corrected chi connectivity index (χ4v) is 4.54. The van der Waals surface area contributed by atoms with Crippen LogP contribution in [0.5, 0.6) is 0 Å². The van der Waals surface area contributed by atoms with Crippen LogP contribution in [0, 0.1) is 17.8 Å². The number of hydrogen-bond acceptors (Lipinski definition) is 2. The van der Waals surface area contributed by atoms with Gasteiger partial charge in [-0.25, -0.2) is 0 Å². The molecule has 0 radical (unpaired) electrons. The molecular weight excluding hydrogens is 212 g/mol. The monoisotopic (exact) mass is 234 g/mol. The van der Waals surface area contributed by atoms with Crippen molar-refractivity contribution in [1.29, 1.82) is 0 Å². The SMILES string of the molecule is O=C(C1C2CCCC21)N1CCC2CCC(C1)N2. The number of likely N-dealkylation sites (tertiary alicyclic amines) is 1. The van der Waals surface area contributed by atoms with E-state index in [0.717, 1.165) is 24.9 Å². The van der Waals surface area contributed by atoms with Gasteiger partial charge < -0.3 is 10.2 Å². The number of hydrogen-bond donors (Lipinski definition) is 1. The molecule has 4 aliphatic rings. The van der Waals surface area contributed by atoms with Gasteiger partial charge in [0.1, 0.15) is 0 Å². The molecule has 2 saturated heterocycles. The average Bonchev–Trinajstić information content (AvgIpc) is 2.67. The maximum absolute atomic E-state index is 12.5. The number of amides is 1. The number of carbonyl (C=O) groups is 1. The molecule has 2 aliphatic carbocycles. The molecule has 4 fully saturated rings. The smallest absolute Gasteiger partial charge is 0.226 e. The summed E-state index contributed by atoms with van der Waals surface area (Å²) in [6.45, 7) is 1.98. The minimum absolute atomic E-state index is 0.431. The van der Waals surface area contributed by atoms with Crippen LogP contribution in [0.2, 0.25) is 0 Å². The second-order valence-electron chi connectivity index (χ2n) is 6.50. The molecule has 1 N–H and O–H groups in total. The van der Waals surface area contributed by atoms with Gasteiger partial charge in [-0.1, -0.05) is 6.42 Å². The standard InChI is InChI=1S/C14H22N2O/c17-14(13-11-2-1-3-12(11)13)16-7-6-9-4-5-10(8-16)15-9/h9-13,15H,1-8H2. The second kappa shape index (κ2) is 3.71. The summed E-state index contributed by atoms with van der Waals surface area (Å²) >= 11 is 0. The summed E-state index contributed by atoms with van der Waals surface area (Å²) in [5.74, 6) is 2.47. The fourth-order valence-electron chi connectivity index (χ4n) is 4.54. The van der Waals surface area contributed by atoms with E-state index in [-0.39, 0.29) is 0 Å². The van der Waals surface area contributed by atoms with Gasteiger partial charge in [0.25, 0.3) is 0 Å². The predicted molar refractivity (Wildman–Crippen MR) is 65.5 cm³/mol. The van der Waals surface area contributed by atoms with Gasteiger partial charge in [-0.3, -0.25) is 4.79 Å². The number of fused-ring (bicyclic) bond motifs is 3. The van der Waals surface area contributed by atoms with Crippen LogP contribution in [-0.2, 0) is 4.79 Å². The molecule has 4 atom stereocenters. The van der Waals surface area contributed by atoms with E-state index in [1.807, 2.05) is 0 Å². The van der Waals surface area contributed by atoms with Gasteiger partial charge in [0.2, 0.25) is 5.91 Å². The van der Waals surface area contributed by atoms with Crippen molar-refractivity contribution >= 4 is 5.91 Å². The summed E-state index contributed by atoms with van der Waals surface area (Å²) in [4.78, 5) is 14.7. The Morgan fingerprint density at radius 3 is 2.59 bits per heavy atom. The lowest BCUT2D eigenvalue weighted by molar-refractivity contribution is -0.133. The molecule has 94 valence electrons. The minimum atomic E-state index is 0.431. The Kier molecular flexibility index (Phi) is 2.26. The zero-order valence-electron chi connectivity index (χ0n) is 10.4. The van der Waals surface area contributed by atoms with Crippen LogP contribution in [0.15, 0.2) is 0 Å². The van der Waals surface area contributed by atoms with Gasteiger partial charge in [0, 0.05) is 31.1 Å². The Balaban J connectivity index is 1.43. The molecular formula is C14H22N2O. The van der Waals surface area contributed by atoms with E-state index < -0.39 is 0 Å². The first-order valence-electron chi connectivity index (χ1n) is 7.38. The van der Waals surface area contributed by atoms with Crippen LogP contribution in [-0.4, -0.2) is 36.0 Å². The van der Waals surface area contributed by atoms with Crippen molar-refractivity contribution in [2.75, 3.05) is 13.1 Å². The molecule has 0 spiro atoms. The third-order valence-corrected chi connectivity index (χ3v) is 5.53. The lowest BCUT2D eigenvalue weighted by Crippen LogP contribution is -2.40. The molecule has 4 unspecified atom stereocenters. The summed E-state index contributed by atoms with van der Waals surface area (Å²) in [7, 11) is 0. The van der Waals surface area contributed by atoms with Gasteiger partial charge >= 0.3 is 0 Å². The molecule has 2 bridgehead atoms. The summed E-state index contributed by atoms with van der Waals surface area (Å²) in [5.41, 5.74) is 0. The van der Waals surface area contributed by atoms with Crippen LogP contribution in [0.25, 0.3) is 0 Å². The maximum Gasteiger partial charge on any atom is 0.226 e. The zero-order chi connectivity index (χ0) is 11.4. The average molecular weight is 234 g/mol. The van der Waals surface area contributed by atoms with E-state index in [4.69, 9.17) is 0 Å². The molecule has 0 aromatic heterocycles. The lowest BCUT2D eigenvalue weighted by Gasteiger charge is -2.25. The van der Waals surface area contributed by atoms with Gasteiger partial charge in [0.15, 0.2) is 0 Å². The molecule has 2 heterocycles. The molecule has 2 saturated carbocycles. The highest BCUT2D eigenvalue weighted by Crippen LogP contribution is 2.58. The molecule has 3 nitrogen and oxygen atoms in total.